The second-order valence-electron chi connectivity index (χ2n) is 4.65. The number of halogens is 3. The lowest BCUT2D eigenvalue weighted by molar-refractivity contribution is -0.122. The topological polar surface area (TPSA) is 75.3 Å². The number of carbonyl (C=O) groups excluding carboxylic acids is 1. The van der Waals surface area contributed by atoms with Crippen molar-refractivity contribution in [2.45, 2.75) is 31.7 Å². The van der Waals surface area contributed by atoms with Crippen LogP contribution in [0.5, 0.6) is 0 Å². The van der Waals surface area contributed by atoms with Gasteiger partial charge in [-0.2, -0.15) is 21.6 Å². The molecule has 1 aromatic rings. The van der Waals surface area contributed by atoms with E-state index in [0.29, 0.717) is 13.0 Å². The molecule has 22 heavy (non-hydrogen) atoms. The number of carbonyl (C=O) groups is 1. The van der Waals surface area contributed by atoms with Crippen LogP contribution in [-0.4, -0.2) is 26.4 Å². The Morgan fingerprint density at radius 1 is 1.27 bits per heavy atom. The summed E-state index contributed by atoms with van der Waals surface area (Å²) >= 11 is 0. The van der Waals surface area contributed by atoms with E-state index in [0.717, 1.165) is 0 Å². The van der Waals surface area contributed by atoms with Crippen LogP contribution in [0.1, 0.15) is 31.7 Å². The second-order valence-corrected chi connectivity index (χ2v) is 6.33. The first-order valence-corrected chi connectivity index (χ1v) is 8.04. The standard InChI is InChI=1S/C13H17F3N2O3S/c1-3-8-17-12(19)9(2)10-6-4-5-7-11(10)18-22(20,21)13(14,15)16/h4-7,9,18H,3,8H2,1-2H3,(H,17,19). The van der Waals surface area contributed by atoms with Gasteiger partial charge in [0, 0.05) is 6.54 Å². The summed E-state index contributed by atoms with van der Waals surface area (Å²) in [6.45, 7) is 3.78. The minimum Gasteiger partial charge on any atom is -0.356 e. The Kier molecular flexibility index (Phi) is 5.81. The molecule has 0 spiro atoms. The monoisotopic (exact) mass is 338 g/mol. The molecular weight excluding hydrogens is 321 g/mol. The number of benzene rings is 1. The van der Waals surface area contributed by atoms with Crippen molar-refractivity contribution in [2.24, 2.45) is 0 Å². The van der Waals surface area contributed by atoms with Crippen LogP contribution in [0.15, 0.2) is 24.3 Å². The fraction of sp³-hybridized carbons (Fsp3) is 0.462. The zero-order chi connectivity index (χ0) is 17.0. The molecular formula is C13H17F3N2O3S. The molecule has 1 unspecified atom stereocenters. The molecule has 0 saturated carbocycles. The molecule has 1 aromatic carbocycles. The Labute approximate surface area is 127 Å². The van der Waals surface area contributed by atoms with E-state index in [1.807, 2.05) is 6.92 Å². The van der Waals surface area contributed by atoms with E-state index in [4.69, 9.17) is 0 Å². The van der Waals surface area contributed by atoms with Gasteiger partial charge in [0.25, 0.3) is 0 Å². The average molecular weight is 338 g/mol. The SMILES string of the molecule is CCCNC(=O)C(C)c1ccccc1NS(=O)(=O)C(F)(F)F. The van der Waals surface area contributed by atoms with Gasteiger partial charge in [0.15, 0.2) is 0 Å². The first-order valence-electron chi connectivity index (χ1n) is 6.56. The van der Waals surface area contributed by atoms with E-state index in [1.165, 1.54) is 35.9 Å². The lowest BCUT2D eigenvalue weighted by Gasteiger charge is -2.18. The first kappa shape index (κ1) is 18.3. The summed E-state index contributed by atoms with van der Waals surface area (Å²) in [7, 11) is -5.53. The van der Waals surface area contributed by atoms with Crippen LogP contribution in [0.2, 0.25) is 0 Å². The maximum atomic E-state index is 12.4. The minimum atomic E-state index is -5.53. The molecule has 0 radical (unpaired) electrons. The third-order valence-electron chi connectivity index (χ3n) is 2.92. The fourth-order valence-electron chi connectivity index (χ4n) is 1.71. The molecule has 0 aliphatic rings. The molecule has 0 heterocycles. The molecule has 0 saturated heterocycles. The van der Waals surface area contributed by atoms with Crippen molar-refractivity contribution in [3.05, 3.63) is 29.8 Å². The Morgan fingerprint density at radius 2 is 1.86 bits per heavy atom. The van der Waals surface area contributed by atoms with E-state index in [-0.39, 0.29) is 17.2 Å². The first-order chi connectivity index (χ1) is 10.1. The predicted octanol–water partition coefficient (Wildman–Crippen LogP) is 2.58. The van der Waals surface area contributed by atoms with Gasteiger partial charge in [-0.25, -0.2) is 0 Å². The van der Waals surface area contributed by atoms with Gasteiger partial charge in [0.05, 0.1) is 11.6 Å². The van der Waals surface area contributed by atoms with Crippen molar-refractivity contribution in [3.8, 4) is 0 Å². The Hall–Kier alpha value is -1.77. The Bertz CT molecular complexity index is 630. The molecule has 1 atom stereocenters. The summed E-state index contributed by atoms with van der Waals surface area (Å²) in [5.41, 5.74) is -5.52. The number of nitrogens with one attached hydrogen (secondary N) is 2. The summed E-state index contributed by atoms with van der Waals surface area (Å²) in [5, 5.41) is 2.61. The highest BCUT2D eigenvalue weighted by atomic mass is 32.2. The molecule has 9 heteroatoms. The summed E-state index contributed by atoms with van der Waals surface area (Å²) in [6.07, 6.45) is 0.709. The van der Waals surface area contributed by atoms with Crippen LogP contribution in [0.4, 0.5) is 18.9 Å². The smallest absolute Gasteiger partial charge is 0.356 e. The molecule has 0 aliphatic carbocycles. The number of amides is 1. The summed E-state index contributed by atoms with van der Waals surface area (Å²) in [6, 6.07) is 5.49. The van der Waals surface area contributed by atoms with Crippen LogP contribution in [0.25, 0.3) is 0 Å². The zero-order valence-corrected chi connectivity index (χ0v) is 12.9. The van der Waals surface area contributed by atoms with Crippen molar-refractivity contribution < 1.29 is 26.4 Å². The molecule has 5 nitrogen and oxygen atoms in total. The molecule has 0 fully saturated rings. The van der Waals surface area contributed by atoms with Crippen LogP contribution in [-0.2, 0) is 14.8 Å². The van der Waals surface area contributed by atoms with Crippen molar-refractivity contribution in [2.75, 3.05) is 11.3 Å². The molecule has 0 aliphatic heterocycles. The second kappa shape index (κ2) is 6.99. The van der Waals surface area contributed by atoms with Gasteiger partial charge < -0.3 is 5.32 Å². The van der Waals surface area contributed by atoms with Crippen LogP contribution in [0, 0.1) is 0 Å². The van der Waals surface area contributed by atoms with Gasteiger partial charge in [0.1, 0.15) is 0 Å². The zero-order valence-electron chi connectivity index (χ0n) is 12.1. The van der Waals surface area contributed by atoms with Gasteiger partial charge in [-0.1, -0.05) is 25.1 Å². The van der Waals surface area contributed by atoms with E-state index in [2.05, 4.69) is 5.32 Å². The van der Waals surface area contributed by atoms with Crippen LogP contribution in [0.3, 0.4) is 0 Å². The molecule has 124 valence electrons. The minimum absolute atomic E-state index is 0.170. The summed E-state index contributed by atoms with van der Waals surface area (Å²) < 4.78 is 61.2. The highest BCUT2D eigenvalue weighted by molar-refractivity contribution is 7.93. The fourth-order valence-corrected chi connectivity index (χ4v) is 2.30. The van der Waals surface area contributed by atoms with Crippen molar-refractivity contribution >= 4 is 21.6 Å². The molecule has 1 rings (SSSR count). The van der Waals surface area contributed by atoms with Gasteiger partial charge >= 0.3 is 15.5 Å². The third-order valence-corrected chi connectivity index (χ3v) is 4.02. The number of hydrogen-bond donors (Lipinski definition) is 2. The summed E-state index contributed by atoms with van der Waals surface area (Å²) in [4.78, 5) is 11.9. The number of sulfonamides is 1. The van der Waals surface area contributed by atoms with E-state index >= 15 is 0 Å². The predicted molar refractivity (Wildman–Crippen MR) is 76.8 cm³/mol. The Morgan fingerprint density at radius 3 is 2.41 bits per heavy atom. The van der Waals surface area contributed by atoms with Crippen LogP contribution >= 0.6 is 0 Å². The molecule has 0 aromatic heterocycles. The van der Waals surface area contributed by atoms with E-state index in [9.17, 15) is 26.4 Å². The van der Waals surface area contributed by atoms with Crippen LogP contribution < -0.4 is 10.0 Å². The number of rotatable bonds is 6. The highest BCUT2D eigenvalue weighted by Gasteiger charge is 2.46. The van der Waals surface area contributed by atoms with E-state index < -0.39 is 21.4 Å². The highest BCUT2D eigenvalue weighted by Crippen LogP contribution is 2.30. The molecule has 0 bridgehead atoms. The lowest BCUT2D eigenvalue weighted by Crippen LogP contribution is -2.32. The molecule has 1 amide bonds. The van der Waals surface area contributed by atoms with Gasteiger partial charge in [0.2, 0.25) is 5.91 Å². The maximum absolute atomic E-state index is 12.4. The van der Waals surface area contributed by atoms with Gasteiger partial charge in [-0.15, -0.1) is 0 Å². The Balaban J connectivity index is 3.08. The lowest BCUT2D eigenvalue weighted by atomic mass is 9.98. The number of alkyl halides is 3. The third kappa shape index (κ3) is 4.36. The normalized spacial score (nSPS) is 13.5. The average Bonchev–Trinajstić information content (AvgIpc) is 2.43. The van der Waals surface area contributed by atoms with Crippen molar-refractivity contribution in [1.82, 2.24) is 5.32 Å². The largest absolute Gasteiger partial charge is 0.516 e. The molecule has 2 N–H and O–H groups in total. The number of hydrogen-bond acceptors (Lipinski definition) is 3. The maximum Gasteiger partial charge on any atom is 0.516 e. The van der Waals surface area contributed by atoms with Crippen molar-refractivity contribution in [1.29, 1.82) is 0 Å². The number of para-hydroxylation sites is 1. The van der Waals surface area contributed by atoms with Gasteiger partial charge in [-0.05, 0) is 25.0 Å². The van der Waals surface area contributed by atoms with Gasteiger partial charge in [-0.3, -0.25) is 9.52 Å². The van der Waals surface area contributed by atoms with E-state index in [1.54, 1.807) is 0 Å². The van der Waals surface area contributed by atoms with Crippen molar-refractivity contribution in [3.63, 3.8) is 0 Å². The quantitative estimate of drug-likeness (QED) is 0.837. The number of anilines is 1. The summed E-state index contributed by atoms with van der Waals surface area (Å²) in [5.74, 6) is -1.18.